The number of urea groups is 2. The Morgan fingerprint density at radius 1 is 1.14 bits per heavy atom. The van der Waals surface area contributed by atoms with E-state index in [1.54, 1.807) is 0 Å². The molecule has 0 unspecified atom stereocenters. The minimum absolute atomic E-state index is 0.211. The average Bonchev–Trinajstić information content (AvgIpc) is 3.33. The summed E-state index contributed by atoms with van der Waals surface area (Å²) in [5.74, 6) is -1.65. The minimum Gasteiger partial charge on any atom is -0.335 e. The highest BCUT2D eigenvalue weighted by Crippen LogP contribution is 2.29. The number of hydrogen-bond acceptors (Lipinski definition) is 4. The van der Waals surface area contributed by atoms with Gasteiger partial charge in [-0.1, -0.05) is 30.2 Å². The third kappa shape index (κ3) is 4.47. The van der Waals surface area contributed by atoms with Gasteiger partial charge in [0.25, 0.3) is 0 Å². The van der Waals surface area contributed by atoms with E-state index >= 15 is 0 Å². The zero-order valence-corrected chi connectivity index (χ0v) is 16.5. The zero-order valence-electron chi connectivity index (χ0n) is 15.6. The van der Waals surface area contributed by atoms with E-state index in [9.17, 15) is 18.4 Å². The Morgan fingerprint density at radius 3 is 2.59 bits per heavy atom. The molecule has 0 saturated heterocycles. The number of benzene rings is 1. The van der Waals surface area contributed by atoms with Gasteiger partial charge in [-0.15, -0.1) is 0 Å². The van der Waals surface area contributed by atoms with Gasteiger partial charge in [0.15, 0.2) is 5.13 Å². The first-order valence-electron chi connectivity index (χ1n) is 9.55. The minimum atomic E-state index is -0.825. The van der Waals surface area contributed by atoms with Gasteiger partial charge in [-0.2, -0.15) is 0 Å². The second kappa shape index (κ2) is 8.32. The second-order valence-corrected chi connectivity index (χ2v) is 8.25. The van der Waals surface area contributed by atoms with Crippen molar-refractivity contribution in [2.75, 3.05) is 17.2 Å². The summed E-state index contributed by atoms with van der Waals surface area (Å²) in [4.78, 5) is 31.3. The van der Waals surface area contributed by atoms with Crippen LogP contribution in [0.2, 0.25) is 0 Å². The van der Waals surface area contributed by atoms with Crippen molar-refractivity contribution in [3.63, 3.8) is 0 Å². The molecule has 1 fully saturated rings. The Bertz CT molecular complexity index is 909. The number of amides is 4. The Balaban J connectivity index is 1.37. The van der Waals surface area contributed by atoms with Crippen molar-refractivity contribution in [2.45, 2.75) is 44.7 Å². The number of thiazole rings is 1. The summed E-state index contributed by atoms with van der Waals surface area (Å²) in [7, 11) is 0. The molecule has 154 valence electrons. The van der Waals surface area contributed by atoms with Gasteiger partial charge in [0.05, 0.1) is 12.2 Å². The third-order valence-electron chi connectivity index (χ3n) is 5.12. The first-order chi connectivity index (χ1) is 14.0. The second-order valence-electron chi connectivity index (χ2n) is 7.17. The molecule has 2 aromatic rings. The number of anilines is 2. The van der Waals surface area contributed by atoms with Crippen molar-refractivity contribution in [1.82, 2.24) is 15.2 Å². The summed E-state index contributed by atoms with van der Waals surface area (Å²) >= 11 is 1.30. The number of para-hydroxylation sites is 1. The van der Waals surface area contributed by atoms with Gasteiger partial charge >= 0.3 is 12.1 Å². The SMILES string of the molecule is O=C(Nc1nc2c(s1)CN(C(=O)Nc1c(F)cccc1F)CC2)NC1CCCC1. The lowest BCUT2D eigenvalue weighted by Gasteiger charge is -2.26. The van der Waals surface area contributed by atoms with E-state index in [4.69, 9.17) is 0 Å². The van der Waals surface area contributed by atoms with E-state index in [0.717, 1.165) is 48.4 Å². The van der Waals surface area contributed by atoms with E-state index < -0.39 is 23.4 Å². The maximum atomic E-state index is 13.8. The van der Waals surface area contributed by atoms with Crippen LogP contribution in [0.3, 0.4) is 0 Å². The highest BCUT2D eigenvalue weighted by atomic mass is 32.1. The highest BCUT2D eigenvalue weighted by molar-refractivity contribution is 7.15. The summed E-state index contributed by atoms with van der Waals surface area (Å²) in [6.45, 7) is 0.632. The van der Waals surface area contributed by atoms with E-state index in [1.165, 1.54) is 22.3 Å². The van der Waals surface area contributed by atoms with Crippen LogP contribution >= 0.6 is 11.3 Å². The lowest BCUT2D eigenvalue weighted by molar-refractivity contribution is 0.206. The molecule has 0 bridgehead atoms. The Morgan fingerprint density at radius 2 is 1.86 bits per heavy atom. The molecule has 1 aromatic carbocycles. The van der Waals surface area contributed by atoms with E-state index in [1.807, 2.05) is 0 Å². The molecule has 0 radical (unpaired) electrons. The molecule has 1 aromatic heterocycles. The zero-order chi connectivity index (χ0) is 20.4. The molecule has 1 saturated carbocycles. The molecular weight excluding hydrogens is 400 g/mol. The Kier molecular flexibility index (Phi) is 5.61. The van der Waals surface area contributed by atoms with Gasteiger partial charge in [-0.3, -0.25) is 5.32 Å². The molecule has 4 amide bonds. The first kappa shape index (κ1) is 19.6. The number of carbonyl (C=O) groups excluding carboxylic acids is 2. The lowest BCUT2D eigenvalue weighted by Crippen LogP contribution is -2.38. The smallest absolute Gasteiger partial charge is 0.322 e. The van der Waals surface area contributed by atoms with E-state index in [-0.39, 0.29) is 18.6 Å². The van der Waals surface area contributed by atoms with Crippen molar-refractivity contribution in [3.05, 3.63) is 40.4 Å². The summed E-state index contributed by atoms with van der Waals surface area (Å²) < 4.78 is 27.5. The predicted molar refractivity (Wildman–Crippen MR) is 106 cm³/mol. The van der Waals surface area contributed by atoms with Crippen LogP contribution in [-0.4, -0.2) is 34.5 Å². The number of fused-ring (bicyclic) bond motifs is 1. The molecule has 0 atom stereocenters. The third-order valence-corrected chi connectivity index (χ3v) is 6.12. The largest absolute Gasteiger partial charge is 0.335 e. The van der Waals surface area contributed by atoms with Crippen LogP contribution in [0.25, 0.3) is 0 Å². The van der Waals surface area contributed by atoms with Crippen LogP contribution in [0.15, 0.2) is 18.2 Å². The number of nitrogens with zero attached hydrogens (tertiary/aromatic N) is 2. The van der Waals surface area contributed by atoms with Gasteiger partial charge < -0.3 is 15.5 Å². The summed E-state index contributed by atoms with van der Waals surface area (Å²) in [5, 5.41) is 8.49. The number of aromatic nitrogens is 1. The van der Waals surface area contributed by atoms with Crippen molar-refractivity contribution in [2.24, 2.45) is 0 Å². The molecule has 10 heteroatoms. The summed E-state index contributed by atoms with van der Waals surface area (Å²) in [6.07, 6.45) is 4.75. The van der Waals surface area contributed by atoms with Crippen LogP contribution < -0.4 is 16.0 Å². The molecule has 29 heavy (non-hydrogen) atoms. The quantitative estimate of drug-likeness (QED) is 0.698. The molecule has 3 N–H and O–H groups in total. The van der Waals surface area contributed by atoms with E-state index in [0.29, 0.717) is 18.1 Å². The molecule has 7 nitrogen and oxygen atoms in total. The topological polar surface area (TPSA) is 86.4 Å². The number of halogens is 2. The molecule has 2 heterocycles. The fourth-order valence-corrected chi connectivity index (χ4v) is 4.63. The van der Waals surface area contributed by atoms with Crippen LogP contribution in [0.1, 0.15) is 36.3 Å². The number of rotatable bonds is 3. The maximum Gasteiger partial charge on any atom is 0.322 e. The number of nitrogens with one attached hydrogen (secondary N) is 3. The fourth-order valence-electron chi connectivity index (χ4n) is 3.61. The van der Waals surface area contributed by atoms with Crippen LogP contribution in [0.5, 0.6) is 0 Å². The van der Waals surface area contributed by atoms with Crippen LogP contribution in [0, 0.1) is 11.6 Å². The molecule has 0 spiro atoms. The van der Waals surface area contributed by atoms with Crippen LogP contribution in [-0.2, 0) is 13.0 Å². The van der Waals surface area contributed by atoms with E-state index in [2.05, 4.69) is 20.9 Å². The maximum absolute atomic E-state index is 13.8. The lowest BCUT2D eigenvalue weighted by atomic mass is 10.2. The normalized spacial score (nSPS) is 16.4. The summed E-state index contributed by atoms with van der Waals surface area (Å²) in [5.41, 5.74) is 0.367. The van der Waals surface area contributed by atoms with Gasteiger partial charge in [0.2, 0.25) is 0 Å². The van der Waals surface area contributed by atoms with Gasteiger partial charge in [-0.05, 0) is 25.0 Å². The molecule has 4 rings (SSSR count). The first-order valence-corrected chi connectivity index (χ1v) is 10.4. The fraction of sp³-hybridized carbons (Fsp3) is 0.421. The summed E-state index contributed by atoms with van der Waals surface area (Å²) in [6, 6.07) is 2.77. The van der Waals surface area contributed by atoms with Crippen molar-refractivity contribution in [1.29, 1.82) is 0 Å². The average molecular weight is 421 g/mol. The highest BCUT2D eigenvalue weighted by Gasteiger charge is 2.26. The molecular formula is C19H21F2N5O2S. The Labute approximate surface area is 170 Å². The van der Waals surface area contributed by atoms with Crippen molar-refractivity contribution < 1.29 is 18.4 Å². The number of hydrogen-bond donors (Lipinski definition) is 3. The monoisotopic (exact) mass is 421 g/mol. The van der Waals surface area contributed by atoms with Gasteiger partial charge in [-0.25, -0.2) is 23.4 Å². The number of carbonyl (C=O) groups is 2. The van der Waals surface area contributed by atoms with Crippen molar-refractivity contribution in [3.8, 4) is 0 Å². The molecule has 1 aliphatic carbocycles. The Hall–Kier alpha value is -2.75. The van der Waals surface area contributed by atoms with Crippen molar-refractivity contribution >= 4 is 34.2 Å². The van der Waals surface area contributed by atoms with Gasteiger partial charge in [0, 0.05) is 23.9 Å². The molecule has 1 aliphatic heterocycles. The molecule has 2 aliphatic rings. The predicted octanol–water partition coefficient (Wildman–Crippen LogP) is 4.08. The van der Waals surface area contributed by atoms with Gasteiger partial charge in [0.1, 0.15) is 17.3 Å². The standard InChI is InChI=1S/C19H21F2N5O2S/c20-12-6-3-7-13(21)16(12)24-19(28)26-9-8-14-15(10-26)29-18(23-14)25-17(27)22-11-4-1-2-5-11/h3,6-7,11H,1-2,4-5,8-10H2,(H,24,28)(H2,22,23,25,27). The van der Waals surface area contributed by atoms with Crippen LogP contribution in [0.4, 0.5) is 29.2 Å².